The number of hydrogen-bond donors (Lipinski definition) is 3. The maximum atomic E-state index is 11.9. The molecule has 1 amide bonds. The topological polar surface area (TPSA) is 104 Å². The minimum atomic E-state index is -0.469. The molecule has 0 saturated heterocycles. The number of hydrogen-bond acceptors (Lipinski definition) is 8. The van der Waals surface area contributed by atoms with Crippen LogP contribution >= 0.6 is 0 Å². The van der Waals surface area contributed by atoms with Crippen molar-refractivity contribution in [2.45, 2.75) is 13.0 Å². The third-order valence-electron chi connectivity index (χ3n) is 2.59. The van der Waals surface area contributed by atoms with E-state index < -0.39 is 6.04 Å². The molecule has 1 rings (SSSR count). The van der Waals surface area contributed by atoms with Gasteiger partial charge in [-0.15, -0.1) is 0 Å². The Hall–Kier alpha value is -2.16. The van der Waals surface area contributed by atoms with Crippen molar-refractivity contribution in [3.05, 3.63) is 0 Å². The number of nitrogens with one attached hydrogen (secondary N) is 3. The Morgan fingerprint density at radius 2 is 1.95 bits per heavy atom. The highest BCUT2D eigenvalue weighted by atomic mass is 16.5. The lowest BCUT2D eigenvalue weighted by molar-refractivity contribution is -0.121. The van der Waals surface area contributed by atoms with E-state index in [9.17, 15) is 4.79 Å². The first-order valence-corrected chi connectivity index (χ1v) is 6.62. The number of aromatic nitrogens is 3. The monoisotopic (exact) mass is 297 g/mol. The van der Waals surface area contributed by atoms with Gasteiger partial charge in [-0.1, -0.05) is 0 Å². The molecular weight excluding hydrogens is 274 g/mol. The van der Waals surface area contributed by atoms with Crippen LogP contribution in [-0.2, 0) is 9.53 Å². The van der Waals surface area contributed by atoms with Gasteiger partial charge in [0.05, 0.1) is 6.61 Å². The Morgan fingerprint density at radius 3 is 2.52 bits per heavy atom. The predicted octanol–water partition coefficient (Wildman–Crippen LogP) is -0.458. The van der Waals surface area contributed by atoms with Gasteiger partial charge in [0.25, 0.3) is 0 Å². The second-order valence-electron chi connectivity index (χ2n) is 4.58. The fourth-order valence-corrected chi connectivity index (χ4v) is 1.43. The van der Waals surface area contributed by atoms with Crippen molar-refractivity contribution in [2.24, 2.45) is 0 Å². The average Bonchev–Trinajstić information content (AvgIpc) is 2.46. The summed E-state index contributed by atoms with van der Waals surface area (Å²) in [6.07, 6.45) is 0. The van der Waals surface area contributed by atoms with Crippen LogP contribution in [0, 0.1) is 0 Å². The summed E-state index contributed by atoms with van der Waals surface area (Å²) in [5.74, 6) is 1.13. The van der Waals surface area contributed by atoms with E-state index in [1.165, 1.54) is 0 Å². The van der Waals surface area contributed by atoms with E-state index in [1.807, 2.05) is 14.1 Å². The second kappa shape index (κ2) is 8.20. The quantitative estimate of drug-likeness (QED) is 0.554. The lowest BCUT2D eigenvalue weighted by Gasteiger charge is -2.16. The molecule has 3 N–H and O–H groups in total. The Kier molecular flexibility index (Phi) is 6.60. The fraction of sp³-hybridized carbons (Fsp3) is 0.667. The van der Waals surface area contributed by atoms with Gasteiger partial charge in [-0.3, -0.25) is 4.79 Å². The van der Waals surface area contributed by atoms with Gasteiger partial charge >= 0.3 is 0 Å². The zero-order valence-corrected chi connectivity index (χ0v) is 13.1. The fourth-order valence-electron chi connectivity index (χ4n) is 1.43. The Labute approximate surface area is 124 Å². The maximum Gasteiger partial charge on any atom is 0.242 e. The average molecular weight is 297 g/mol. The normalized spacial score (nSPS) is 11.7. The van der Waals surface area contributed by atoms with Crippen LogP contribution < -0.4 is 20.9 Å². The van der Waals surface area contributed by atoms with Gasteiger partial charge < -0.3 is 25.6 Å². The van der Waals surface area contributed by atoms with Crippen molar-refractivity contribution in [3.8, 4) is 0 Å². The lowest BCUT2D eigenvalue weighted by atomic mass is 10.3. The smallest absolute Gasteiger partial charge is 0.242 e. The van der Waals surface area contributed by atoms with Crippen LogP contribution in [0.15, 0.2) is 0 Å². The van der Waals surface area contributed by atoms with Crippen molar-refractivity contribution >= 4 is 23.8 Å². The minimum absolute atomic E-state index is 0.148. The van der Waals surface area contributed by atoms with Crippen LogP contribution in [0.5, 0.6) is 0 Å². The number of nitrogens with zero attached hydrogens (tertiary/aromatic N) is 4. The van der Waals surface area contributed by atoms with Crippen LogP contribution in [0.2, 0.25) is 0 Å². The molecule has 0 saturated carbocycles. The summed E-state index contributed by atoms with van der Waals surface area (Å²) in [4.78, 5) is 26.3. The molecule has 1 unspecified atom stereocenters. The molecule has 21 heavy (non-hydrogen) atoms. The molecule has 0 radical (unpaired) electrons. The van der Waals surface area contributed by atoms with E-state index in [0.717, 1.165) is 0 Å². The first-order chi connectivity index (χ1) is 9.97. The van der Waals surface area contributed by atoms with Gasteiger partial charge in [0.2, 0.25) is 23.8 Å². The summed E-state index contributed by atoms with van der Waals surface area (Å²) < 4.78 is 4.88. The molecule has 1 atom stereocenters. The number of ether oxygens (including phenoxy) is 1. The summed E-state index contributed by atoms with van der Waals surface area (Å²) in [6.45, 7) is 2.67. The lowest BCUT2D eigenvalue weighted by Crippen LogP contribution is -2.39. The summed E-state index contributed by atoms with van der Waals surface area (Å²) in [7, 11) is 6.97. The molecule has 9 heteroatoms. The Balaban J connectivity index is 2.72. The highest BCUT2D eigenvalue weighted by molar-refractivity contribution is 5.83. The molecule has 9 nitrogen and oxygen atoms in total. The third-order valence-corrected chi connectivity index (χ3v) is 2.59. The molecular formula is C12H23N7O2. The number of methoxy groups -OCH3 is 1. The van der Waals surface area contributed by atoms with Gasteiger partial charge in [-0.25, -0.2) is 0 Å². The highest BCUT2D eigenvalue weighted by Crippen LogP contribution is 2.11. The molecule has 0 spiro atoms. The molecule has 1 aromatic heterocycles. The SMILES string of the molecule is CNc1nc(NC(C)C(=O)NCCOC)nc(N(C)C)n1. The zero-order valence-electron chi connectivity index (χ0n) is 13.1. The molecule has 0 aliphatic carbocycles. The summed E-state index contributed by atoms with van der Waals surface area (Å²) in [5, 5.41) is 8.56. The molecule has 1 heterocycles. The first kappa shape index (κ1) is 16.9. The molecule has 118 valence electrons. The maximum absolute atomic E-state index is 11.9. The molecule has 0 fully saturated rings. The first-order valence-electron chi connectivity index (χ1n) is 6.62. The Morgan fingerprint density at radius 1 is 1.29 bits per heavy atom. The summed E-state index contributed by atoms with van der Waals surface area (Å²) in [5.41, 5.74) is 0. The van der Waals surface area contributed by atoms with Crippen molar-refractivity contribution in [1.82, 2.24) is 20.3 Å². The molecule has 1 aromatic rings. The number of carbonyl (C=O) groups is 1. The largest absolute Gasteiger partial charge is 0.383 e. The third kappa shape index (κ3) is 5.38. The highest BCUT2D eigenvalue weighted by Gasteiger charge is 2.15. The van der Waals surface area contributed by atoms with Gasteiger partial charge in [-0.05, 0) is 6.92 Å². The molecule has 0 bridgehead atoms. The van der Waals surface area contributed by atoms with E-state index in [-0.39, 0.29) is 5.91 Å². The summed E-state index contributed by atoms with van der Waals surface area (Å²) >= 11 is 0. The van der Waals surface area contributed by atoms with Gasteiger partial charge in [0.1, 0.15) is 6.04 Å². The predicted molar refractivity (Wildman–Crippen MR) is 81.7 cm³/mol. The number of carbonyl (C=O) groups excluding carboxylic acids is 1. The van der Waals surface area contributed by atoms with E-state index in [0.29, 0.717) is 31.0 Å². The van der Waals surface area contributed by atoms with E-state index in [4.69, 9.17) is 4.74 Å². The van der Waals surface area contributed by atoms with Crippen LogP contribution in [0.1, 0.15) is 6.92 Å². The van der Waals surface area contributed by atoms with Crippen LogP contribution in [0.4, 0.5) is 17.8 Å². The number of rotatable bonds is 8. The van der Waals surface area contributed by atoms with Crippen LogP contribution in [0.3, 0.4) is 0 Å². The Bertz CT molecular complexity index is 467. The van der Waals surface area contributed by atoms with Gasteiger partial charge in [0.15, 0.2) is 0 Å². The standard InChI is InChI=1S/C12H23N7O2/c1-8(9(20)14-6-7-21-5)15-11-16-10(13-2)17-12(18-11)19(3)4/h8H,6-7H2,1-5H3,(H,14,20)(H2,13,15,16,17,18). The molecule has 0 aliphatic heterocycles. The van der Waals surface area contributed by atoms with Crippen molar-refractivity contribution in [1.29, 1.82) is 0 Å². The van der Waals surface area contributed by atoms with E-state index >= 15 is 0 Å². The van der Waals surface area contributed by atoms with Crippen molar-refractivity contribution in [3.63, 3.8) is 0 Å². The van der Waals surface area contributed by atoms with Gasteiger partial charge in [-0.2, -0.15) is 15.0 Å². The zero-order chi connectivity index (χ0) is 15.8. The van der Waals surface area contributed by atoms with E-state index in [2.05, 4.69) is 30.9 Å². The van der Waals surface area contributed by atoms with Gasteiger partial charge in [0, 0.05) is 34.8 Å². The van der Waals surface area contributed by atoms with E-state index in [1.54, 1.807) is 26.0 Å². The van der Waals surface area contributed by atoms with Crippen molar-refractivity contribution in [2.75, 3.05) is 56.9 Å². The van der Waals surface area contributed by atoms with Crippen LogP contribution in [0.25, 0.3) is 0 Å². The minimum Gasteiger partial charge on any atom is -0.383 e. The molecule has 0 aromatic carbocycles. The number of anilines is 3. The number of amides is 1. The van der Waals surface area contributed by atoms with Crippen molar-refractivity contribution < 1.29 is 9.53 Å². The second-order valence-corrected chi connectivity index (χ2v) is 4.58. The molecule has 0 aliphatic rings. The van der Waals surface area contributed by atoms with Crippen LogP contribution in [-0.4, -0.2) is 68.3 Å². The summed E-state index contributed by atoms with van der Waals surface area (Å²) in [6, 6.07) is -0.469.